The number of hydrogen-bond donors (Lipinski definition) is 1. The van der Waals surface area contributed by atoms with Gasteiger partial charge in [0.15, 0.2) is 0 Å². The van der Waals surface area contributed by atoms with Gasteiger partial charge in [-0.05, 0) is 60.7 Å². The molecule has 2 aromatic carbocycles. The Hall–Kier alpha value is -3.14. The summed E-state index contributed by atoms with van der Waals surface area (Å²) in [6.45, 7) is 0. The first-order chi connectivity index (χ1) is 12.3. The van der Waals surface area contributed by atoms with E-state index in [-0.39, 0.29) is 5.91 Å². The number of nitrogens with one attached hydrogen (secondary N) is 1. The number of aryl methyl sites for hydroxylation is 2. The number of anilines is 1. The van der Waals surface area contributed by atoms with Gasteiger partial charge in [-0.15, -0.1) is 0 Å². The molecule has 0 saturated carbocycles. The van der Waals surface area contributed by atoms with Gasteiger partial charge in [-0.2, -0.15) is 5.10 Å². The van der Waals surface area contributed by atoms with Gasteiger partial charge in [-0.3, -0.25) is 4.79 Å². The van der Waals surface area contributed by atoms with Crippen LogP contribution in [0.3, 0.4) is 0 Å². The maximum absolute atomic E-state index is 12.1. The second kappa shape index (κ2) is 6.77. The Kier molecular flexibility index (Phi) is 4.17. The number of rotatable bonds is 4. The molecule has 4 heteroatoms. The van der Waals surface area contributed by atoms with Crippen molar-refractivity contribution < 1.29 is 4.79 Å². The Morgan fingerprint density at radius 1 is 1.08 bits per heavy atom. The van der Waals surface area contributed by atoms with Crippen molar-refractivity contribution in [1.82, 2.24) is 9.78 Å². The summed E-state index contributed by atoms with van der Waals surface area (Å²) in [5.41, 5.74) is 5.49. The summed E-state index contributed by atoms with van der Waals surface area (Å²) < 4.78 is 1.79. The average molecular weight is 329 g/mol. The summed E-state index contributed by atoms with van der Waals surface area (Å²) in [6, 6.07) is 16.1. The predicted octanol–water partition coefficient (Wildman–Crippen LogP) is 4.01. The number of fused-ring (bicyclic) bond motifs is 1. The standard InChI is InChI=1S/C21H19N3O/c25-21(23-19-11-10-17-5-4-6-18(17)13-19)12-9-16-14-22-24(15-16)20-7-2-1-3-8-20/h1-3,7-15H,4-6H2,(H,23,25)/b12-9+. The minimum Gasteiger partial charge on any atom is -0.323 e. The van der Waals surface area contributed by atoms with Crippen LogP contribution in [0, 0.1) is 0 Å². The normalized spacial score (nSPS) is 13.1. The zero-order valence-corrected chi connectivity index (χ0v) is 13.9. The highest BCUT2D eigenvalue weighted by atomic mass is 16.1. The summed E-state index contributed by atoms with van der Waals surface area (Å²) in [7, 11) is 0. The van der Waals surface area contributed by atoms with Gasteiger partial charge < -0.3 is 5.32 Å². The van der Waals surface area contributed by atoms with E-state index in [4.69, 9.17) is 0 Å². The van der Waals surface area contributed by atoms with Gasteiger partial charge in [0.25, 0.3) is 0 Å². The predicted molar refractivity (Wildman–Crippen MR) is 99.7 cm³/mol. The van der Waals surface area contributed by atoms with Crippen molar-refractivity contribution in [3.8, 4) is 5.69 Å². The summed E-state index contributed by atoms with van der Waals surface area (Å²) in [4.78, 5) is 12.1. The molecule has 1 N–H and O–H groups in total. The second-order valence-corrected chi connectivity index (χ2v) is 6.21. The highest BCUT2D eigenvalue weighted by molar-refractivity contribution is 6.01. The summed E-state index contributed by atoms with van der Waals surface area (Å²) in [5, 5.41) is 7.25. The first-order valence-corrected chi connectivity index (χ1v) is 8.49. The van der Waals surface area contributed by atoms with Crippen LogP contribution < -0.4 is 5.32 Å². The van der Waals surface area contributed by atoms with E-state index in [1.54, 1.807) is 23.0 Å². The topological polar surface area (TPSA) is 46.9 Å². The quantitative estimate of drug-likeness (QED) is 0.735. The number of carbonyl (C=O) groups is 1. The molecule has 4 nitrogen and oxygen atoms in total. The molecule has 0 bridgehead atoms. The Morgan fingerprint density at radius 2 is 1.92 bits per heavy atom. The fraction of sp³-hybridized carbons (Fsp3) is 0.143. The van der Waals surface area contributed by atoms with Crippen LogP contribution in [0.1, 0.15) is 23.1 Å². The monoisotopic (exact) mass is 329 g/mol. The number of nitrogens with zero attached hydrogens (tertiary/aromatic N) is 2. The molecule has 1 aromatic heterocycles. The smallest absolute Gasteiger partial charge is 0.248 e. The molecule has 0 atom stereocenters. The van der Waals surface area contributed by atoms with Crippen molar-refractivity contribution in [2.75, 3.05) is 5.32 Å². The highest BCUT2D eigenvalue weighted by Crippen LogP contribution is 2.24. The molecule has 0 radical (unpaired) electrons. The lowest BCUT2D eigenvalue weighted by Gasteiger charge is -2.05. The van der Waals surface area contributed by atoms with Crippen molar-refractivity contribution >= 4 is 17.7 Å². The van der Waals surface area contributed by atoms with Crippen molar-refractivity contribution in [3.63, 3.8) is 0 Å². The van der Waals surface area contributed by atoms with E-state index in [0.717, 1.165) is 29.8 Å². The van der Waals surface area contributed by atoms with Crippen LogP contribution in [0.5, 0.6) is 0 Å². The lowest BCUT2D eigenvalue weighted by molar-refractivity contribution is -0.111. The fourth-order valence-electron chi connectivity index (χ4n) is 3.15. The maximum Gasteiger partial charge on any atom is 0.248 e. The molecule has 124 valence electrons. The minimum atomic E-state index is -0.134. The Bertz CT molecular complexity index is 925. The third kappa shape index (κ3) is 3.53. The number of carbonyl (C=O) groups excluding carboxylic acids is 1. The highest BCUT2D eigenvalue weighted by Gasteiger charge is 2.11. The van der Waals surface area contributed by atoms with Crippen molar-refractivity contribution in [3.05, 3.63) is 83.7 Å². The third-order valence-electron chi connectivity index (χ3n) is 4.42. The third-order valence-corrected chi connectivity index (χ3v) is 4.42. The van der Waals surface area contributed by atoms with Gasteiger partial charge in [-0.25, -0.2) is 4.68 Å². The zero-order valence-electron chi connectivity index (χ0n) is 13.9. The van der Waals surface area contributed by atoms with Gasteiger partial charge in [0.1, 0.15) is 0 Å². The van der Waals surface area contributed by atoms with Gasteiger partial charge in [0, 0.05) is 23.5 Å². The van der Waals surface area contributed by atoms with Gasteiger partial charge >= 0.3 is 0 Å². The number of hydrogen-bond acceptors (Lipinski definition) is 2. The maximum atomic E-state index is 12.1. The van der Waals surface area contributed by atoms with Crippen LogP contribution in [-0.4, -0.2) is 15.7 Å². The number of amides is 1. The van der Waals surface area contributed by atoms with Crippen LogP contribution in [0.2, 0.25) is 0 Å². The zero-order chi connectivity index (χ0) is 17.1. The second-order valence-electron chi connectivity index (χ2n) is 6.21. The Morgan fingerprint density at radius 3 is 2.80 bits per heavy atom. The summed E-state index contributed by atoms with van der Waals surface area (Å²) in [6.07, 6.45) is 10.4. The van der Waals surface area contributed by atoms with Crippen LogP contribution in [0.15, 0.2) is 67.0 Å². The van der Waals surface area contributed by atoms with Crippen molar-refractivity contribution in [2.24, 2.45) is 0 Å². The number of benzene rings is 2. The Labute approximate surface area is 146 Å². The molecule has 1 aliphatic rings. The van der Waals surface area contributed by atoms with Crippen LogP contribution in [0.4, 0.5) is 5.69 Å². The summed E-state index contributed by atoms with van der Waals surface area (Å²) in [5.74, 6) is -0.134. The van der Waals surface area contributed by atoms with E-state index in [9.17, 15) is 4.79 Å². The SMILES string of the molecule is O=C(/C=C/c1cnn(-c2ccccc2)c1)Nc1ccc2c(c1)CCC2. The lowest BCUT2D eigenvalue weighted by atomic mass is 10.1. The molecule has 0 aliphatic heterocycles. The van der Waals surface area contributed by atoms with Crippen LogP contribution >= 0.6 is 0 Å². The fourth-order valence-corrected chi connectivity index (χ4v) is 3.15. The van der Waals surface area contributed by atoms with E-state index in [0.29, 0.717) is 0 Å². The Balaban J connectivity index is 1.42. The number of para-hydroxylation sites is 1. The summed E-state index contributed by atoms with van der Waals surface area (Å²) >= 11 is 0. The number of aromatic nitrogens is 2. The molecule has 0 unspecified atom stereocenters. The molecule has 0 spiro atoms. The van der Waals surface area contributed by atoms with Gasteiger partial charge in [0.05, 0.1) is 11.9 Å². The molecule has 1 aliphatic carbocycles. The molecule has 25 heavy (non-hydrogen) atoms. The van der Waals surface area contributed by atoms with Gasteiger partial charge in [0.2, 0.25) is 5.91 Å². The molecule has 0 saturated heterocycles. The first-order valence-electron chi connectivity index (χ1n) is 8.49. The molecule has 1 amide bonds. The van der Waals surface area contributed by atoms with Gasteiger partial charge in [-0.1, -0.05) is 24.3 Å². The molecule has 4 rings (SSSR count). The van der Waals surface area contributed by atoms with Crippen molar-refractivity contribution in [2.45, 2.75) is 19.3 Å². The van der Waals surface area contributed by atoms with E-state index in [2.05, 4.69) is 22.5 Å². The molecule has 3 aromatic rings. The minimum absolute atomic E-state index is 0.134. The largest absolute Gasteiger partial charge is 0.323 e. The van der Waals surface area contributed by atoms with Crippen LogP contribution in [-0.2, 0) is 17.6 Å². The van der Waals surface area contributed by atoms with Crippen LogP contribution in [0.25, 0.3) is 11.8 Å². The van der Waals surface area contributed by atoms with E-state index < -0.39 is 0 Å². The van der Waals surface area contributed by atoms with Crippen molar-refractivity contribution in [1.29, 1.82) is 0 Å². The van der Waals surface area contributed by atoms with E-state index in [1.165, 1.54) is 17.5 Å². The van der Waals surface area contributed by atoms with E-state index >= 15 is 0 Å². The average Bonchev–Trinajstić information content (AvgIpc) is 3.30. The first kappa shape index (κ1) is 15.4. The van der Waals surface area contributed by atoms with E-state index in [1.807, 2.05) is 42.6 Å². The molecule has 1 heterocycles. The molecule has 0 fully saturated rings. The molecular weight excluding hydrogens is 310 g/mol. The molecular formula is C21H19N3O. The lowest BCUT2D eigenvalue weighted by Crippen LogP contribution is -2.07.